The van der Waals surface area contributed by atoms with E-state index in [1.54, 1.807) is 11.8 Å². The van der Waals surface area contributed by atoms with Gasteiger partial charge in [-0.2, -0.15) is 0 Å². The molecule has 4 nitrogen and oxygen atoms in total. The Bertz CT molecular complexity index is 215. The number of carbonyl (C=O) groups excluding carboxylic acids is 2. The Kier molecular flexibility index (Phi) is 4.43. The smallest absolute Gasteiger partial charge is 0.307 e. The molecule has 1 aliphatic heterocycles. The number of nitrogens with zero attached hydrogens (tertiary/aromatic N) is 1. The molecule has 4 heteroatoms. The third-order valence-electron chi connectivity index (χ3n) is 2.31. The van der Waals surface area contributed by atoms with Gasteiger partial charge in [-0.05, 0) is 19.8 Å². The van der Waals surface area contributed by atoms with E-state index in [9.17, 15) is 9.59 Å². The number of hydrogen-bond donors (Lipinski definition) is 0. The summed E-state index contributed by atoms with van der Waals surface area (Å²) in [7, 11) is 0. The summed E-state index contributed by atoms with van der Waals surface area (Å²) in [6.45, 7) is 3.49. The van der Waals surface area contributed by atoms with Crippen LogP contribution in [0.15, 0.2) is 0 Å². The van der Waals surface area contributed by atoms with E-state index >= 15 is 0 Å². The largest absolute Gasteiger partial charge is 0.466 e. The maximum absolute atomic E-state index is 11.3. The quantitative estimate of drug-likeness (QED) is 0.633. The van der Waals surface area contributed by atoms with E-state index in [1.807, 2.05) is 0 Å². The van der Waals surface area contributed by atoms with E-state index < -0.39 is 0 Å². The summed E-state index contributed by atoms with van der Waals surface area (Å²) in [5.74, 6) is -0.0496. The van der Waals surface area contributed by atoms with Crippen molar-refractivity contribution in [2.45, 2.75) is 32.6 Å². The lowest BCUT2D eigenvalue weighted by Gasteiger charge is -2.26. The summed E-state index contributed by atoms with van der Waals surface area (Å²) in [5.41, 5.74) is 0. The molecule has 14 heavy (non-hydrogen) atoms. The van der Waals surface area contributed by atoms with Gasteiger partial charge in [0.25, 0.3) is 0 Å². The average molecular weight is 199 g/mol. The van der Waals surface area contributed by atoms with Gasteiger partial charge in [0.2, 0.25) is 5.91 Å². The zero-order valence-electron chi connectivity index (χ0n) is 8.62. The molecule has 1 amide bonds. The lowest BCUT2D eigenvalue weighted by molar-refractivity contribution is -0.144. The topological polar surface area (TPSA) is 46.6 Å². The zero-order valence-corrected chi connectivity index (χ0v) is 8.62. The Balaban J connectivity index is 2.22. The zero-order chi connectivity index (χ0) is 10.4. The molecule has 0 radical (unpaired) electrons. The molecule has 0 N–H and O–H groups in total. The first-order valence-corrected chi connectivity index (χ1v) is 5.17. The van der Waals surface area contributed by atoms with Crippen LogP contribution in [0.5, 0.6) is 0 Å². The highest BCUT2D eigenvalue weighted by Gasteiger charge is 2.18. The van der Waals surface area contributed by atoms with Crippen LogP contribution in [0.2, 0.25) is 0 Å². The van der Waals surface area contributed by atoms with E-state index in [-0.39, 0.29) is 11.9 Å². The molecule has 0 spiro atoms. The third-order valence-corrected chi connectivity index (χ3v) is 2.31. The van der Waals surface area contributed by atoms with Gasteiger partial charge in [-0.15, -0.1) is 0 Å². The van der Waals surface area contributed by atoms with E-state index in [0.29, 0.717) is 26.0 Å². The second-order valence-corrected chi connectivity index (χ2v) is 3.39. The van der Waals surface area contributed by atoms with E-state index in [4.69, 9.17) is 4.74 Å². The number of carbonyl (C=O) groups is 2. The molecule has 1 aliphatic rings. The SMILES string of the molecule is CCOC(=O)CCN1CCCCC1=O. The molecule has 1 fully saturated rings. The normalized spacial score (nSPS) is 16.9. The maximum Gasteiger partial charge on any atom is 0.307 e. The van der Waals surface area contributed by atoms with Crippen molar-refractivity contribution in [1.29, 1.82) is 0 Å². The van der Waals surface area contributed by atoms with Crippen LogP contribution in [0.4, 0.5) is 0 Å². The number of piperidine rings is 1. The minimum atomic E-state index is -0.217. The van der Waals surface area contributed by atoms with Crippen molar-refractivity contribution in [1.82, 2.24) is 4.90 Å². The second kappa shape index (κ2) is 5.62. The molecule has 0 saturated carbocycles. The maximum atomic E-state index is 11.3. The molecule has 0 bridgehead atoms. The minimum absolute atomic E-state index is 0.167. The number of hydrogen-bond acceptors (Lipinski definition) is 3. The highest BCUT2D eigenvalue weighted by molar-refractivity contribution is 5.77. The molecular formula is C10H17NO3. The Labute approximate surface area is 84.2 Å². The van der Waals surface area contributed by atoms with Crippen molar-refractivity contribution in [2.75, 3.05) is 19.7 Å². The summed E-state index contributed by atoms with van der Waals surface area (Å²) in [6.07, 6.45) is 2.98. The fraction of sp³-hybridized carbons (Fsp3) is 0.800. The van der Waals surface area contributed by atoms with Crippen molar-refractivity contribution < 1.29 is 14.3 Å². The number of likely N-dealkylation sites (tertiary alicyclic amines) is 1. The number of ether oxygens (including phenoxy) is 1. The predicted octanol–water partition coefficient (Wildman–Crippen LogP) is 0.952. The van der Waals surface area contributed by atoms with E-state index in [2.05, 4.69) is 0 Å². The van der Waals surface area contributed by atoms with Gasteiger partial charge in [-0.1, -0.05) is 0 Å². The fourth-order valence-electron chi connectivity index (χ4n) is 1.56. The molecule has 1 rings (SSSR count). The average Bonchev–Trinajstić information content (AvgIpc) is 2.17. The Morgan fingerprint density at radius 3 is 2.93 bits per heavy atom. The molecule has 0 unspecified atom stereocenters. The molecule has 1 saturated heterocycles. The van der Waals surface area contributed by atoms with Gasteiger partial charge in [0, 0.05) is 19.5 Å². The predicted molar refractivity (Wildman–Crippen MR) is 51.7 cm³/mol. The highest BCUT2D eigenvalue weighted by atomic mass is 16.5. The summed E-state index contributed by atoms with van der Waals surface area (Å²) in [5, 5.41) is 0. The van der Waals surface area contributed by atoms with E-state index in [0.717, 1.165) is 19.4 Å². The van der Waals surface area contributed by atoms with Crippen LogP contribution >= 0.6 is 0 Å². The highest BCUT2D eigenvalue weighted by Crippen LogP contribution is 2.10. The van der Waals surface area contributed by atoms with Crippen LogP contribution in [0.1, 0.15) is 32.6 Å². The van der Waals surface area contributed by atoms with Crippen LogP contribution in [-0.4, -0.2) is 36.5 Å². The van der Waals surface area contributed by atoms with Crippen molar-refractivity contribution in [3.8, 4) is 0 Å². The van der Waals surface area contributed by atoms with Crippen LogP contribution < -0.4 is 0 Å². The van der Waals surface area contributed by atoms with Gasteiger partial charge in [-0.25, -0.2) is 0 Å². The third kappa shape index (κ3) is 3.36. The van der Waals surface area contributed by atoms with Gasteiger partial charge in [0.1, 0.15) is 0 Å². The first-order valence-electron chi connectivity index (χ1n) is 5.17. The minimum Gasteiger partial charge on any atom is -0.466 e. The number of rotatable bonds is 4. The lowest BCUT2D eigenvalue weighted by atomic mass is 10.1. The Morgan fingerprint density at radius 1 is 1.50 bits per heavy atom. The van der Waals surface area contributed by atoms with Crippen molar-refractivity contribution in [3.05, 3.63) is 0 Å². The standard InChI is InChI=1S/C10H17NO3/c1-2-14-10(13)6-8-11-7-4-3-5-9(11)12/h2-8H2,1H3. The van der Waals surface area contributed by atoms with Crippen LogP contribution in [-0.2, 0) is 14.3 Å². The van der Waals surface area contributed by atoms with Crippen LogP contribution in [0.3, 0.4) is 0 Å². The molecule has 0 aliphatic carbocycles. The molecule has 1 heterocycles. The molecule has 0 atom stereocenters. The van der Waals surface area contributed by atoms with Gasteiger partial charge < -0.3 is 9.64 Å². The van der Waals surface area contributed by atoms with Gasteiger partial charge >= 0.3 is 5.97 Å². The summed E-state index contributed by atoms with van der Waals surface area (Å²) in [6, 6.07) is 0. The molecular weight excluding hydrogens is 182 g/mol. The molecule has 80 valence electrons. The van der Waals surface area contributed by atoms with Gasteiger partial charge in [-0.3, -0.25) is 9.59 Å². The van der Waals surface area contributed by atoms with Gasteiger partial charge in [0.15, 0.2) is 0 Å². The first-order chi connectivity index (χ1) is 6.74. The van der Waals surface area contributed by atoms with Crippen molar-refractivity contribution in [3.63, 3.8) is 0 Å². The van der Waals surface area contributed by atoms with Crippen molar-refractivity contribution in [2.24, 2.45) is 0 Å². The monoisotopic (exact) mass is 199 g/mol. The molecule has 0 aromatic carbocycles. The number of esters is 1. The fourth-order valence-corrected chi connectivity index (χ4v) is 1.56. The Hall–Kier alpha value is -1.06. The molecule has 0 aromatic rings. The summed E-state index contributed by atoms with van der Waals surface area (Å²) in [4.78, 5) is 24.1. The van der Waals surface area contributed by atoms with Gasteiger partial charge in [0.05, 0.1) is 13.0 Å². The molecule has 0 aromatic heterocycles. The first kappa shape index (κ1) is 11.0. The second-order valence-electron chi connectivity index (χ2n) is 3.39. The van der Waals surface area contributed by atoms with Crippen LogP contribution in [0.25, 0.3) is 0 Å². The number of amides is 1. The van der Waals surface area contributed by atoms with E-state index in [1.165, 1.54) is 0 Å². The summed E-state index contributed by atoms with van der Waals surface area (Å²) < 4.78 is 4.79. The summed E-state index contributed by atoms with van der Waals surface area (Å²) >= 11 is 0. The lowest BCUT2D eigenvalue weighted by Crippen LogP contribution is -2.36. The van der Waals surface area contributed by atoms with Crippen molar-refractivity contribution >= 4 is 11.9 Å². The van der Waals surface area contributed by atoms with Crippen LogP contribution in [0, 0.1) is 0 Å². The Morgan fingerprint density at radius 2 is 2.29 bits per heavy atom.